The number of nitrogens with zero attached hydrogens (tertiary/aromatic N) is 1. The van der Waals surface area contributed by atoms with Crippen LogP contribution in [-0.4, -0.2) is 10.8 Å². The number of pyridine rings is 1. The van der Waals surface area contributed by atoms with Gasteiger partial charge in [-0.2, -0.15) is 0 Å². The van der Waals surface area contributed by atoms with Crippen LogP contribution in [0.2, 0.25) is 0 Å². The molecular formula is C18H15NO2S. The van der Waals surface area contributed by atoms with E-state index in [-0.39, 0.29) is 5.78 Å². The molecule has 1 aromatic carbocycles. The number of benzene rings is 1. The third kappa shape index (κ3) is 3.40. The fourth-order valence-corrected chi connectivity index (χ4v) is 2.95. The zero-order valence-electron chi connectivity index (χ0n) is 12.2. The van der Waals surface area contributed by atoms with Gasteiger partial charge in [0, 0.05) is 28.4 Å². The number of para-hydroxylation sites is 1. The van der Waals surface area contributed by atoms with Crippen molar-refractivity contribution in [3.8, 4) is 16.2 Å². The number of thiophene rings is 1. The van der Waals surface area contributed by atoms with E-state index in [0.717, 1.165) is 26.6 Å². The van der Waals surface area contributed by atoms with Crippen LogP contribution in [0.5, 0.6) is 5.75 Å². The Balaban J connectivity index is 1.75. The second-order valence-electron chi connectivity index (χ2n) is 4.90. The third-order valence-corrected chi connectivity index (χ3v) is 4.42. The molecule has 0 spiro atoms. The Hall–Kier alpha value is -2.46. The summed E-state index contributed by atoms with van der Waals surface area (Å²) in [6.45, 7) is 2.05. The minimum Gasteiger partial charge on any atom is -0.489 e. The normalized spacial score (nSPS) is 10.4. The molecule has 3 nitrogen and oxygen atoms in total. The molecule has 0 N–H and O–H groups in total. The number of carbonyl (C=O) groups excluding carboxylic acids is 1. The highest BCUT2D eigenvalue weighted by atomic mass is 32.1. The second kappa shape index (κ2) is 6.54. The summed E-state index contributed by atoms with van der Waals surface area (Å²) in [5, 5.41) is 0. The third-order valence-electron chi connectivity index (χ3n) is 3.18. The number of ketones is 1. The summed E-state index contributed by atoms with van der Waals surface area (Å²) < 4.78 is 5.74. The zero-order chi connectivity index (χ0) is 15.4. The molecule has 2 aromatic heterocycles. The largest absolute Gasteiger partial charge is 0.489 e. The Morgan fingerprint density at radius 2 is 1.95 bits per heavy atom. The first kappa shape index (κ1) is 14.5. The molecule has 0 amide bonds. The Morgan fingerprint density at radius 1 is 1.14 bits per heavy atom. The predicted molar refractivity (Wildman–Crippen MR) is 88.3 cm³/mol. The Morgan fingerprint density at radius 3 is 2.68 bits per heavy atom. The molecule has 0 unspecified atom stereocenters. The van der Waals surface area contributed by atoms with E-state index in [1.807, 2.05) is 54.7 Å². The second-order valence-corrected chi connectivity index (χ2v) is 5.99. The van der Waals surface area contributed by atoms with Crippen molar-refractivity contribution in [1.29, 1.82) is 0 Å². The van der Waals surface area contributed by atoms with Crippen molar-refractivity contribution < 1.29 is 9.53 Å². The van der Waals surface area contributed by atoms with E-state index >= 15 is 0 Å². The predicted octanol–water partition coefficient (Wildman–Crippen LogP) is 4.59. The maximum Gasteiger partial charge on any atom is 0.169 e. The van der Waals surface area contributed by atoms with Gasteiger partial charge >= 0.3 is 0 Å². The first-order valence-electron chi connectivity index (χ1n) is 6.95. The summed E-state index contributed by atoms with van der Waals surface area (Å²) in [6.07, 6.45) is 3.60. The molecule has 0 radical (unpaired) electrons. The minimum atomic E-state index is 0.0905. The maximum atomic E-state index is 11.4. The van der Waals surface area contributed by atoms with E-state index in [1.165, 1.54) is 11.3 Å². The van der Waals surface area contributed by atoms with Crippen molar-refractivity contribution in [2.24, 2.45) is 0 Å². The summed E-state index contributed by atoms with van der Waals surface area (Å²) in [5.41, 5.74) is 2.01. The molecule has 0 bridgehead atoms. The summed E-state index contributed by atoms with van der Waals surface area (Å²) in [7, 11) is 0. The maximum absolute atomic E-state index is 11.4. The van der Waals surface area contributed by atoms with Gasteiger partial charge in [-0.1, -0.05) is 18.2 Å². The van der Waals surface area contributed by atoms with Gasteiger partial charge in [-0.3, -0.25) is 9.78 Å². The quantitative estimate of drug-likeness (QED) is 0.647. The van der Waals surface area contributed by atoms with Crippen LogP contribution >= 0.6 is 11.3 Å². The van der Waals surface area contributed by atoms with Gasteiger partial charge in [0.15, 0.2) is 5.78 Å². The van der Waals surface area contributed by atoms with E-state index in [0.29, 0.717) is 6.61 Å². The molecule has 0 aliphatic heterocycles. The van der Waals surface area contributed by atoms with E-state index < -0.39 is 0 Å². The smallest absolute Gasteiger partial charge is 0.169 e. The number of ether oxygens (including phenoxy) is 1. The first-order chi connectivity index (χ1) is 10.7. The fraction of sp³-hybridized carbons (Fsp3) is 0.111. The number of rotatable bonds is 5. The van der Waals surface area contributed by atoms with E-state index in [1.54, 1.807) is 13.1 Å². The highest BCUT2D eigenvalue weighted by molar-refractivity contribution is 7.17. The summed E-state index contributed by atoms with van der Waals surface area (Å²) in [4.78, 5) is 17.5. The molecule has 0 aliphatic rings. The average molecular weight is 309 g/mol. The van der Waals surface area contributed by atoms with Crippen LogP contribution in [0.1, 0.15) is 22.2 Å². The molecule has 0 saturated heterocycles. The van der Waals surface area contributed by atoms with E-state index in [9.17, 15) is 4.79 Å². The monoisotopic (exact) mass is 309 g/mol. The van der Waals surface area contributed by atoms with Crippen LogP contribution in [0.25, 0.3) is 10.4 Å². The highest BCUT2D eigenvalue weighted by Gasteiger charge is 2.07. The summed E-state index contributed by atoms with van der Waals surface area (Å²) in [6, 6.07) is 15.6. The van der Waals surface area contributed by atoms with E-state index in [4.69, 9.17) is 4.74 Å². The number of hydrogen-bond donors (Lipinski definition) is 0. The van der Waals surface area contributed by atoms with Crippen LogP contribution in [0.3, 0.4) is 0 Å². The first-order valence-corrected chi connectivity index (χ1v) is 7.77. The van der Waals surface area contributed by atoms with Crippen molar-refractivity contribution in [2.45, 2.75) is 13.5 Å². The molecule has 3 aromatic rings. The van der Waals surface area contributed by atoms with Crippen LogP contribution in [0.15, 0.2) is 60.9 Å². The molecule has 0 saturated carbocycles. The Labute approximate surface area is 133 Å². The highest BCUT2D eigenvalue weighted by Crippen LogP contribution is 2.28. The van der Waals surface area contributed by atoms with Crippen molar-refractivity contribution in [1.82, 2.24) is 4.98 Å². The fourth-order valence-electron chi connectivity index (χ4n) is 2.07. The van der Waals surface area contributed by atoms with Gasteiger partial charge in [-0.15, -0.1) is 11.3 Å². The van der Waals surface area contributed by atoms with Gasteiger partial charge in [0.05, 0.1) is 4.88 Å². The lowest BCUT2D eigenvalue weighted by Gasteiger charge is -2.06. The van der Waals surface area contributed by atoms with Crippen LogP contribution in [0.4, 0.5) is 0 Å². The summed E-state index contributed by atoms with van der Waals surface area (Å²) >= 11 is 1.49. The van der Waals surface area contributed by atoms with Crippen molar-refractivity contribution in [2.75, 3.05) is 0 Å². The van der Waals surface area contributed by atoms with E-state index in [2.05, 4.69) is 4.98 Å². The molecule has 4 heteroatoms. The van der Waals surface area contributed by atoms with Crippen molar-refractivity contribution >= 4 is 17.1 Å². The lowest BCUT2D eigenvalue weighted by atomic mass is 10.2. The van der Waals surface area contributed by atoms with Crippen LogP contribution in [-0.2, 0) is 6.61 Å². The molecule has 0 aliphatic carbocycles. The standard InChI is InChI=1S/C18H15NO2S/c1-13(20)17-7-8-18(22-17)15-9-14(10-19-11-15)12-21-16-5-3-2-4-6-16/h2-11H,12H2,1H3. The number of carbonyl (C=O) groups is 1. The van der Waals surface area contributed by atoms with Gasteiger partial charge in [-0.25, -0.2) is 0 Å². The topological polar surface area (TPSA) is 39.2 Å². The van der Waals surface area contributed by atoms with Crippen LogP contribution in [0, 0.1) is 0 Å². The van der Waals surface area contributed by atoms with Gasteiger partial charge in [-0.05, 0) is 37.3 Å². The molecule has 0 atom stereocenters. The van der Waals surface area contributed by atoms with Crippen molar-refractivity contribution in [3.63, 3.8) is 0 Å². The Kier molecular flexibility index (Phi) is 4.30. The van der Waals surface area contributed by atoms with Gasteiger partial charge in [0.1, 0.15) is 12.4 Å². The minimum absolute atomic E-state index is 0.0905. The number of aromatic nitrogens is 1. The zero-order valence-corrected chi connectivity index (χ0v) is 13.0. The molecule has 22 heavy (non-hydrogen) atoms. The van der Waals surface area contributed by atoms with Crippen LogP contribution < -0.4 is 4.74 Å². The molecule has 3 rings (SSSR count). The molecule has 110 valence electrons. The lowest BCUT2D eigenvalue weighted by molar-refractivity contribution is 0.102. The SMILES string of the molecule is CC(=O)c1ccc(-c2cncc(COc3ccccc3)c2)s1. The molecule has 2 heterocycles. The number of Topliss-reactive ketones (excluding diaryl/α,β-unsaturated/α-hetero) is 1. The average Bonchev–Trinajstić information content (AvgIpc) is 3.05. The lowest BCUT2D eigenvalue weighted by Crippen LogP contribution is -1.96. The summed E-state index contributed by atoms with van der Waals surface area (Å²) in [5.74, 6) is 0.927. The van der Waals surface area contributed by atoms with Gasteiger partial charge in [0.2, 0.25) is 0 Å². The number of hydrogen-bond acceptors (Lipinski definition) is 4. The van der Waals surface area contributed by atoms with Gasteiger partial charge < -0.3 is 4.74 Å². The Bertz CT molecular complexity index is 781. The molecular weight excluding hydrogens is 294 g/mol. The molecule has 0 fully saturated rings. The van der Waals surface area contributed by atoms with Crippen molar-refractivity contribution in [3.05, 3.63) is 71.4 Å². The van der Waals surface area contributed by atoms with Gasteiger partial charge in [0.25, 0.3) is 0 Å².